The van der Waals surface area contributed by atoms with Gasteiger partial charge >= 0.3 is 5.69 Å². The summed E-state index contributed by atoms with van der Waals surface area (Å²) >= 11 is 0. The van der Waals surface area contributed by atoms with E-state index in [9.17, 15) is 10.1 Å². The van der Waals surface area contributed by atoms with Crippen LogP contribution in [0.1, 0.15) is 13.8 Å². The van der Waals surface area contributed by atoms with Crippen molar-refractivity contribution in [1.29, 1.82) is 0 Å². The van der Waals surface area contributed by atoms with Crippen LogP contribution in [0.25, 0.3) is 0 Å². The third kappa shape index (κ3) is 2.71. The molecule has 1 saturated heterocycles. The SMILES string of the molecule is C[C@@H]1CN(c2ccc([N+](=O)[O-])c[nH+]2)C[C@@H](C)O1. The Kier molecular flexibility index (Phi) is 3.23. The first-order valence-corrected chi connectivity index (χ1v) is 5.63. The Morgan fingerprint density at radius 3 is 2.53 bits per heavy atom. The Bertz CT molecular complexity index is 397. The number of anilines is 1. The lowest BCUT2D eigenvalue weighted by atomic mass is 10.2. The van der Waals surface area contributed by atoms with Gasteiger partial charge in [-0.25, -0.2) is 4.98 Å². The van der Waals surface area contributed by atoms with Gasteiger partial charge in [0.1, 0.15) is 13.1 Å². The van der Waals surface area contributed by atoms with E-state index in [0.29, 0.717) is 0 Å². The van der Waals surface area contributed by atoms with Crippen LogP contribution in [0.3, 0.4) is 0 Å². The van der Waals surface area contributed by atoms with Gasteiger partial charge in [0.05, 0.1) is 17.1 Å². The molecular weight excluding hydrogens is 222 g/mol. The first-order chi connectivity index (χ1) is 8.06. The smallest absolute Gasteiger partial charge is 0.308 e. The molecule has 0 amide bonds. The Hall–Kier alpha value is -1.69. The van der Waals surface area contributed by atoms with Crippen LogP contribution in [-0.4, -0.2) is 30.2 Å². The van der Waals surface area contributed by atoms with Gasteiger partial charge in [0.2, 0.25) is 0 Å². The number of morpholine rings is 1. The van der Waals surface area contributed by atoms with E-state index in [2.05, 4.69) is 9.88 Å². The molecule has 1 N–H and O–H groups in total. The predicted octanol–water partition coefficient (Wildman–Crippen LogP) is 1.02. The molecule has 6 heteroatoms. The van der Waals surface area contributed by atoms with Crippen molar-refractivity contribution in [2.75, 3.05) is 18.0 Å². The quantitative estimate of drug-likeness (QED) is 0.570. The van der Waals surface area contributed by atoms with Crippen molar-refractivity contribution < 1.29 is 14.6 Å². The maximum Gasteiger partial charge on any atom is 0.308 e. The fourth-order valence-electron chi connectivity index (χ4n) is 2.09. The first kappa shape index (κ1) is 11.8. The third-order valence-corrected chi connectivity index (χ3v) is 2.75. The molecule has 0 unspecified atom stereocenters. The highest BCUT2D eigenvalue weighted by atomic mass is 16.6. The molecule has 2 atom stereocenters. The van der Waals surface area contributed by atoms with E-state index in [-0.39, 0.29) is 17.9 Å². The van der Waals surface area contributed by atoms with E-state index in [1.165, 1.54) is 12.3 Å². The van der Waals surface area contributed by atoms with Crippen LogP contribution in [-0.2, 0) is 4.74 Å². The second kappa shape index (κ2) is 4.67. The fraction of sp³-hybridized carbons (Fsp3) is 0.545. The highest BCUT2D eigenvalue weighted by Crippen LogP contribution is 2.17. The average molecular weight is 238 g/mol. The maximum absolute atomic E-state index is 10.5. The molecule has 0 aromatic carbocycles. The number of hydrogen-bond donors (Lipinski definition) is 0. The molecule has 1 aliphatic rings. The van der Waals surface area contributed by atoms with Crippen molar-refractivity contribution in [2.24, 2.45) is 0 Å². The molecule has 0 radical (unpaired) electrons. The molecule has 0 spiro atoms. The van der Waals surface area contributed by atoms with E-state index < -0.39 is 4.92 Å². The average Bonchev–Trinajstić information content (AvgIpc) is 2.28. The van der Waals surface area contributed by atoms with E-state index in [4.69, 9.17) is 4.74 Å². The Morgan fingerprint density at radius 1 is 1.41 bits per heavy atom. The first-order valence-electron chi connectivity index (χ1n) is 5.63. The van der Waals surface area contributed by atoms with Crippen molar-refractivity contribution in [3.05, 3.63) is 28.4 Å². The lowest BCUT2D eigenvalue weighted by Gasteiger charge is -2.30. The maximum atomic E-state index is 10.5. The molecule has 1 aromatic rings. The lowest BCUT2D eigenvalue weighted by molar-refractivity contribution is -0.414. The van der Waals surface area contributed by atoms with Crippen LogP contribution < -0.4 is 9.88 Å². The molecule has 1 aliphatic heterocycles. The second-order valence-electron chi connectivity index (χ2n) is 4.35. The van der Waals surface area contributed by atoms with Gasteiger partial charge in [0.25, 0.3) is 5.82 Å². The predicted molar refractivity (Wildman–Crippen MR) is 61.9 cm³/mol. The van der Waals surface area contributed by atoms with Gasteiger partial charge < -0.3 is 4.74 Å². The van der Waals surface area contributed by atoms with Gasteiger partial charge in [-0.15, -0.1) is 0 Å². The number of ether oxygens (including phenoxy) is 1. The van der Waals surface area contributed by atoms with Crippen LogP contribution in [0, 0.1) is 10.1 Å². The number of nitrogens with zero attached hydrogens (tertiary/aromatic N) is 2. The molecule has 1 fully saturated rings. The van der Waals surface area contributed by atoms with Gasteiger partial charge in [-0.2, -0.15) is 0 Å². The number of aromatic amines is 1. The van der Waals surface area contributed by atoms with Gasteiger partial charge in [-0.05, 0) is 13.8 Å². The van der Waals surface area contributed by atoms with Crippen LogP contribution in [0.4, 0.5) is 11.5 Å². The van der Waals surface area contributed by atoms with Gasteiger partial charge in [-0.1, -0.05) is 0 Å². The van der Waals surface area contributed by atoms with E-state index in [1.807, 2.05) is 13.8 Å². The summed E-state index contributed by atoms with van der Waals surface area (Å²) in [7, 11) is 0. The minimum atomic E-state index is -0.412. The summed E-state index contributed by atoms with van der Waals surface area (Å²) in [5, 5.41) is 10.5. The summed E-state index contributed by atoms with van der Waals surface area (Å²) in [6.45, 7) is 5.62. The standard InChI is InChI=1S/C11H15N3O3/c1-8-6-13(7-9(2)17-8)11-4-3-10(5-12-11)14(15)16/h3-5,8-9H,6-7H2,1-2H3/p+1/t8-,9-/m1/s1. The Balaban J connectivity index is 2.14. The number of nitrogens with one attached hydrogen (secondary N) is 1. The molecule has 6 nitrogen and oxygen atoms in total. The van der Waals surface area contributed by atoms with Crippen LogP contribution >= 0.6 is 0 Å². The summed E-state index contributed by atoms with van der Waals surface area (Å²) in [5.41, 5.74) is 0.0723. The second-order valence-corrected chi connectivity index (χ2v) is 4.35. The number of aromatic nitrogens is 1. The van der Waals surface area contributed by atoms with Gasteiger partial charge in [0.15, 0.2) is 6.20 Å². The summed E-state index contributed by atoms with van der Waals surface area (Å²) in [4.78, 5) is 15.2. The number of H-pyrrole nitrogens is 1. The fourth-order valence-corrected chi connectivity index (χ4v) is 2.09. The molecule has 2 rings (SSSR count). The van der Waals surface area contributed by atoms with Gasteiger partial charge in [0, 0.05) is 12.1 Å². The zero-order valence-electron chi connectivity index (χ0n) is 9.92. The minimum absolute atomic E-state index is 0.0723. The molecule has 0 saturated carbocycles. The zero-order chi connectivity index (χ0) is 12.4. The van der Waals surface area contributed by atoms with Crippen molar-refractivity contribution in [3.63, 3.8) is 0 Å². The summed E-state index contributed by atoms with van der Waals surface area (Å²) < 4.78 is 5.64. The highest BCUT2D eigenvalue weighted by Gasteiger charge is 2.28. The molecule has 0 bridgehead atoms. The normalized spacial score (nSPS) is 24.7. The van der Waals surface area contributed by atoms with E-state index in [0.717, 1.165) is 18.9 Å². The van der Waals surface area contributed by atoms with Crippen molar-refractivity contribution in [2.45, 2.75) is 26.1 Å². The van der Waals surface area contributed by atoms with Crippen molar-refractivity contribution in [1.82, 2.24) is 0 Å². The molecule has 0 aliphatic carbocycles. The summed E-state index contributed by atoms with van der Waals surface area (Å²) in [6.07, 6.45) is 1.75. The highest BCUT2D eigenvalue weighted by molar-refractivity contribution is 5.37. The molecule has 92 valence electrons. The number of nitro groups is 1. The monoisotopic (exact) mass is 238 g/mol. The van der Waals surface area contributed by atoms with Crippen molar-refractivity contribution in [3.8, 4) is 0 Å². The number of hydrogen-bond acceptors (Lipinski definition) is 4. The Morgan fingerprint density at radius 2 is 2.06 bits per heavy atom. The summed E-state index contributed by atoms with van der Waals surface area (Å²) in [6, 6.07) is 3.25. The molecular formula is C11H16N3O3+. The Labute approximate surface area is 99.4 Å². The molecule has 1 aromatic heterocycles. The topological polar surface area (TPSA) is 69.8 Å². The third-order valence-electron chi connectivity index (χ3n) is 2.75. The van der Waals surface area contributed by atoms with Crippen LogP contribution in [0.2, 0.25) is 0 Å². The molecule has 2 heterocycles. The van der Waals surface area contributed by atoms with E-state index in [1.54, 1.807) is 6.07 Å². The van der Waals surface area contributed by atoms with Crippen LogP contribution in [0.5, 0.6) is 0 Å². The lowest BCUT2D eigenvalue weighted by Crippen LogP contribution is -2.47. The number of rotatable bonds is 2. The zero-order valence-corrected chi connectivity index (χ0v) is 9.92. The minimum Gasteiger partial charge on any atom is -0.367 e. The van der Waals surface area contributed by atoms with Gasteiger partial charge in [-0.3, -0.25) is 15.0 Å². The largest absolute Gasteiger partial charge is 0.367 e. The molecule has 17 heavy (non-hydrogen) atoms. The summed E-state index contributed by atoms with van der Waals surface area (Å²) in [5.74, 6) is 0.887. The van der Waals surface area contributed by atoms with Crippen molar-refractivity contribution >= 4 is 11.5 Å². The number of pyridine rings is 1. The van der Waals surface area contributed by atoms with Crippen LogP contribution in [0.15, 0.2) is 18.3 Å². The van der Waals surface area contributed by atoms with E-state index >= 15 is 0 Å².